The molecular formula is C16H20ClF2N3O2. The summed E-state index contributed by atoms with van der Waals surface area (Å²) in [5, 5.41) is 6.10. The molecule has 0 aliphatic carbocycles. The lowest BCUT2D eigenvalue weighted by atomic mass is 10.0. The average Bonchev–Trinajstić information content (AvgIpc) is 2.93. The van der Waals surface area contributed by atoms with Crippen molar-refractivity contribution in [3.8, 4) is 0 Å². The summed E-state index contributed by atoms with van der Waals surface area (Å²) < 4.78 is 26.3. The van der Waals surface area contributed by atoms with Gasteiger partial charge in [0, 0.05) is 30.9 Å². The van der Waals surface area contributed by atoms with Crippen molar-refractivity contribution in [1.29, 1.82) is 0 Å². The molecule has 1 unspecified atom stereocenters. The third kappa shape index (κ3) is 3.84. The fourth-order valence-corrected chi connectivity index (χ4v) is 3.11. The molecule has 2 atom stereocenters. The normalized spacial score (nSPS) is 23.8. The van der Waals surface area contributed by atoms with Crippen LogP contribution < -0.4 is 15.5 Å². The number of hydrogen-bond acceptors (Lipinski definition) is 3. The molecule has 0 saturated carbocycles. The van der Waals surface area contributed by atoms with Gasteiger partial charge in [-0.1, -0.05) is 0 Å². The van der Waals surface area contributed by atoms with Crippen LogP contribution in [0, 0.1) is 17.6 Å². The number of halogens is 3. The van der Waals surface area contributed by atoms with Crippen LogP contribution in [-0.2, 0) is 9.59 Å². The molecule has 0 radical (unpaired) electrons. The molecule has 132 valence electrons. The Morgan fingerprint density at radius 3 is 2.71 bits per heavy atom. The van der Waals surface area contributed by atoms with Gasteiger partial charge in [0.2, 0.25) is 11.8 Å². The first kappa shape index (κ1) is 18.6. The number of nitrogens with zero attached hydrogens (tertiary/aromatic N) is 1. The van der Waals surface area contributed by atoms with Gasteiger partial charge in [-0.25, -0.2) is 8.78 Å². The van der Waals surface area contributed by atoms with Gasteiger partial charge in [0.05, 0.1) is 0 Å². The van der Waals surface area contributed by atoms with Gasteiger partial charge in [-0.2, -0.15) is 0 Å². The first-order valence-corrected chi connectivity index (χ1v) is 7.84. The Bertz CT molecular complexity index is 623. The van der Waals surface area contributed by atoms with E-state index in [0.717, 1.165) is 31.5 Å². The standard InChI is InChI=1S/C16H19F2N3O2.ClH/c17-13-4-3-11(8-14(13)18)21-7-5-12(16(21)23)15(22)20-10-2-1-6-19-9-10;/h3-4,8,10,12,19H,1-2,5-7,9H2,(H,20,22);1H/t10-,12?;/m0./s1. The second kappa shape index (κ2) is 7.90. The summed E-state index contributed by atoms with van der Waals surface area (Å²) in [5.74, 6) is -3.37. The van der Waals surface area contributed by atoms with Crippen LogP contribution in [-0.4, -0.2) is 37.5 Å². The van der Waals surface area contributed by atoms with Crippen LogP contribution in [0.3, 0.4) is 0 Å². The van der Waals surface area contributed by atoms with Crippen LogP contribution in [0.4, 0.5) is 14.5 Å². The van der Waals surface area contributed by atoms with E-state index in [1.165, 1.54) is 11.0 Å². The predicted molar refractivity (Wildman–Crippen MR) is 88.1 cm³/mol. The second-order valence-electron chi connectivity index (χ2n) is 5.98. The van der Waals surface area contributed by atoms with E-state index in [1.807, 2.05) is 0 Å². The summed E-state index contributed by atoms with van der Waals surface area (Å²) in [5.41, 5.74) is 0.281. The van der Waals surface area contributed by atoms with E-state index in [4.69, 9.17) is 0 Å². The third-order valence-corrected chi connectivity index (χ3v) is 4.38. The molecular weight excluding hydrogens is 340 g/mol. The number of rotatable bonds is 3. The Morgan fingerprint density at radius 2 is 2.04 bits per heavy atom. The quantitative estimate of drug-likeness (QED) is 0.806. The number of carbonyl (C=O) groups is 2. The number of anilines is 1. The minimum absolute atomic E-state index is 0. The molecule has 1 aromatic rings. The zero-order valence-corrected chi connectivity index (χ0v) is 13.9. The number of nitrogens with one attached hydrogen (secondary N) is 2. The summed E-state index contributed by atoms with van der Waals surface area (Å²) >= 11 is 0. The van der Waals surface area contributed by atoms with E-state index in [1.54, 1.807) is 0 Å². The monoisotopic (exact) mass is 359 g/mol. The molecule has 0 aromatic heterocycles. The molecule has 3 rings (SSSR count). The third-order valence-electron chi connectivity index (χ3n) is 4.38. The molecule has 2 fully saturated rings. The van der Waals surface area contributed by atoms with Crippen molar-refractivity contribution in [3.63, 3.8) is 0 Å². The smallest absolute Gasteiger partial charge is 0.239 e. The number of hydrogen-bond donors (Lipinski definition) is 2. The number of amides is 2. The highest BCUT2D eigenvalue weighted by molar-refractivity contribution is 6.09. The fourth-order valence-electron chi connectivity index (χ4n) is 3.11. The van der Waals surface area contributed by atoms with E-state index < -0.39 is 17.6 Å². The Kier molecular flexibility index (Phi) is 6.12. The summed E-state index contributed by atoms with van der Waals surface area (Å²) in [6.07, 6.45) is 2.26. The van der Waals surface area contributed by atoms with Gasteiger partial charge in [0.15, 0.2) is 11.6 Å². The van der Waals surface area contributed by atoms with Crippen molar-refractivity contribution >= 4 is 29.9 Å². The number of piperidine rings is 1. The van der Waals surface area contributed by atoms with Crippen LogP contribution in [0.5, 0.6) is 0 Å². The van der Waals surface area contributed by atoms with E-state index in [0.29, 0.717) is 19.5 Å². The topological polar surface area (TPSA) is 61.4 Å². The van der Waals surface area contributed by atoms with Gasteiger partial charge in [-0.15, -0.1) is 12.4 Å². The second-order valence-corrected chi connectivity index (χ2v) is 5.98. The van der Waals surface area contributed by atoms with Crippen LogP contribution in [0.2, 0.25) is 0 Å². The highest BCUT2D eigenvalue weighted by Gasteiger charge is 2.38. The highest BCUT2D eigenvalue weighted by atomic mass is 35.5. The molecule has 5 nitrogen and oxygen atoms in total. The first-order valence-electron chi connectivity index (χ1n) is 7.84. The van der Waals surface area contributed by atoms with Crippen molar-refractivity contribution in [3.05, 3.63) is 29.8 Å². The maximum absolute atomic E-state index is 13.3. The van der Waals surface area contributed by atoms with Crippen LogP contribution in [0.25, 0.3) is 0 Å². The fraction of sp³-hybridized carbons (Fsp3) is 0.500. The van der Waals surface area contributed by atoms with Crippen molar-refractivity contribution in [1.82, 2.24) is 10.6 Å². The summed E-state index contributed by atoms with van der Waals surface area (Å²) in [7, 11) is 0. The van der Waals surface area contributed by atoms with Crippen molar-refractivity contribution in [2.45, 2.75) is 25.3 Å². The Labute approximate surface area is 145 Å². The summed E-state index contributed by atoms with van der Waals surface area (Å²) in [4.78, 5) is 26.1. The van der Waals surface area contributed by atoms with Crippen molar-refractivity contribution in [2.24, 2.45) is 5.92 Å². The summed E-state index contributed by atoms with van der Waals surface area (Å²) in [6, 6.07) is 3.36. The Hall–Kier alpha value is -1.73. The lowest BCUT2D eigenvalue weighted by Gasteiger charge is -2.25. The molecule has 2 heterocycles. The molecule has 8 heteroatoms. The lowest BCUT2D eigenvalue weighted by molar-refractivity contribution is -0.132. The molecule has 2 N–H and O–H groups in total. The predicted octanol–water partition coefficient (Wildman–Crippen LogP) is 1.61. The van der Waals surface area contributed by atoms with Gasteiger partial charge in [-0.3, -0.25) is 9.59 Å². The minimum atomic E-state index is -1.00. The van der Waals surface area contributed by atoms with Gasteiger partial charge in [0.25, 0.3) is 0 Å². The lowest BCUT2D eigenvalue weighted by Crippen LogP contribution is -2.48. The van der Waals surface area contributed by atoms with E-state index in [2.05, 4.69) is 10.6 Å². The van der Waals surface area contributed by atoms with E-state index >= 15 is 0 Å². The SMILES string of the molecule is Cl.O=C(N[C@H]1CCCNC1)C1CCN(c2ccc(F)c(F)c2)C1=O. The molecule has 0 spiro atoms. The van der Waals surface area contributed by atoms with Crippen LogP contribution in [0.15, 0.2) is 18.2 Å². The largest absolute Gasteiger partial charge is 0.351 e. The molecule has 1 aromatic carbocycles. The molecule has 2 aliphatic heterocycles. The van der Waals surface area contributed by atoms with Crippen LogP contribution >= 0.6 is 12.4 Å². The van der Waals surface area contributed by atoms with Crippen molar-refractivity contribution < 1.29 is 18.4 Å². The maximum atomic E-state index is 13.3. The first-order chi connectivity index (χ1) is 11.1. The Morgan fingerprint density at radius 1 is 1.25 bits per heavy atom. The zero-order valence-electron chi connectivity index (χ0n) is 13.1. The van der Waals surface area contributed by atoms with Gasteiger partial charge < -0.3 is 15.5 Å². The summed E-state index contributed by atoms with van der Waals surface area (Å²) in [6.45, 7) is 1.98. The molecule has 2 amide bonds. The highest BCUT2D eigenvalue weighted by Crippen LogP contribution is 2.26. The molecule has 2 aliphatic rings. The van der Waals surface area contributed by atoms with Gasteiger partial charge >= 0.3 is 0 Å². The average molecular weight is 360 g/mol. The Balaban J connectivity index is 0.00000208. The van der Waals surface area contributed by atoms with Gasteiger partial charge in [0.1, 0.15) is 5.92 Å². The van der Waals surface area contributed by atoms with Crippen molar-refractivity contribution in [2.75, 3.05) is 24.5 Å². The van der Waals surface area contributed by atoms with Gasteiger partial charge in [-0.05, 0) is 37.9 Å². The molecule has 0 bridgehead atoms. The number of benzene rings is 1. The minimum Gasteiger partial charge on any atom is -0.351 e. The molecule has 24 heavy (non-hydrogen) atoms. The van der Waals surface area contributed by atoms with E-state index in [-0.39, 0.29) is 36.0 Å². The molecule has 2 saturated heterocycles. The number of carbonyl (C=O) groups excluding carboxylic acids is 2. The zero-order chi connectivity index (χ0) is 16.4. The van der Waals surface area contributed by atoms with Crippen LogP contribution in [0.1, 0.15) is 19.3 Å². The van der Waals surface area contributed by atoms with E-state index in [9.17, 15) is 18.4 Å². The maximum Gasteiger partial charge on any atom is 0.239 e.